The number of rotatable bonds is 1. The first-order chi connectivity index (χ1) is 7.97. The van der Waals surface area contributed by atoms with Gasteiger partial charge in [0, 0.05) is 12.5 Å². The molecule has 1 unspecified atom stereocenters. The second kappa shape index (κ2) is 7.32. The summed E-state index contributed by atoms with van der Waals surface area (Å²) < 4.78 is 5.95. The monoisotopic (exact) mass is 223 g/mol. The third-order valence-corrected chi connectivity index (χ3v) is 4.13. The number of hydrogen-bond acceptors (Lipinski definition) is 1. The van der Waals surface area contributed by atoms with Crippen molar-refractivity contribution >= 4 is 0 Å². The predicted octanol–water partition coefficient (Wildman–Crippen LogP) is 4.65. The maximum absolute atomic E-state index is 5.95. The number of hydrogen-bond donors (Lipinski definition) is 0. The van der Waals surface area contributed by atoms with E-state index in [4.69, 9.17) is 4.74 Å². The topological polar surface area (TPSA) is 9.23 Å². The average Bonchev–Trinajstić information content (AvgIpc) is 2.37. The lowest BCUT2D eigenvalue weighted by molar-refractivity contribution is 0.0194. The van der Waals surface area contributed by atoms with Crippen molar-refractivity contribution in [2.45, 2.75) is 83.2 Å². The molecular weight excluding hydrogens is 196 g/mol. The zero-order chi connectivity index (χ0) is 11.1. The van der Waals surface area contributed by atoms with Crippen LogP contribution in [-0.4, -0.2) is 12.7 Å². The molecule has 1 heterocycles. The molecule has 1 atom stereocenters. The van der Waals surface area contributed by atoms with E-state index in [9.17, 15) is 0 Å². The lowest BCUT2D eigenvalue weighted by Gasteiger charge is -2.30. The fourth-order valence-electron chi connectivity index (χ4n) is 3.10. The highest BCUT2D eigenvalue weighted by molar-refractivity contribution is 4.98. The zero-order valence-corrected chi connectivity index (χ0v) is 10.7. The van der Waals surface area contributed by atoms with E-state index in [-0.39, 0.29) is 0 Å². The third-order valence-electron chi connectivity index (χ3n) is 4.13. The second-order valence-corrected chi connectivity index (χ2v) is 5.49. The van der Waals surface area contributed by atoms with Crippen LogP contribution < -0.4 is 0 Å². The lowest BCUT2D eigenvalue weighted by atomic mass is 9.85. The molecule has 1 saturated carbocycles. The summed E-state index contributed by atoms with van der Waals surface area (Å²) in [5.74, 6) is 1.75. The van der Waals surface area contributed by atoms with Gasteiger partial charge in [-0.25, -0.2) is 0 Å². The lowest BCUT2D eigenvalue weighted by Crippen LogP contribution is -2.26. The molecular formula is C15H27O. The quantitative estimate of drug-likeness (QED) is 0.628. The molecule has 0 spiro atoms. The van der Waals surface area contributed by atoms with Crippen molar-refractivity contribution in [2.24, 2.45) is 0 Å². The van der Waals surface area contributed by atoms with Crippen molar-refractivity contribution in [3.05, 3.63) is 5.92 Å². The molecule has 0 N–H and O–H groups in total. The Hall–Kier alpha value is -0.0400. The minimum absolute atomic E-state index is 0.535. The first-order valence-corrected chi connectivity index (χ1v) is 7.43. The third kappa shape index (κ3) is 4.08. The molecule has 0 bridgehead atoms. The molecule has 1 aliphatic carbocycles. The van der Waals surface area contributed by atoms with Crippen LogP contribution >= 0.6 is 0 Å². The van der Waals surface area contributed by atoms with Gasteiger partial charge in [0.25, 0.3) is 0 Å². The molecule has 2 fully saturated rings. The van der Waals surface area contributed by atoms with Gasteiger partial charge in [0.15, 0.2) is 0 Å². The van der Waals surface area contributed by atoms with Crippen molar-refractivity contribution < 1.29 is 4.74 Å². The second-order valence-electron chi connectivity index (χ2n) is 5.49. The van der Waals surface area contributed by atoms with E-state index in [1.165, 1.54) is 77.0 Å². The fourth-order valence-corrected chi connectivity index (χ4v) is 3.10. The molecule has 0 aromatic carbocycles. The molecule has 2 rings (SSSR count). The minimum atomic E-state index is 0.535. The molecule has 0 amide bonds. The summed E-state index contributed by atoms with van der Waals surface area (Å²) >= 11 is 0. The molecule has 0 aromatic rings. The van der Waals surface area contributed by atoms with Crippen LogP contribution in [0.4, 0.5) is 0 Å². The average molecular weight is 223 g/mol. The highest BCUT2D eigenvalue weighted by Crippen LogP contribution is 2.31. The van der Waals surface area contributed by atoms with E-state index in [1.54, 1.807) is 5.92 Å². The van der Waals surface area contributed by atoms with Gasteiger partial charge in [-0.05, 0) is 32.1 Å². The Kier molecular flexibility index (Phi) is 5.68. The molecule has 0 aromatic heterocycles. The summed E-state index contributed by atoms with van der Waals surface area (Å²) in [7, 11) is 0. The molecule has 1 saturated heterocycles. The highest BCUT2D eigenvalue weighted by atomic mass is 16.5. The van der Waals surface area contributed by atoms with Crippen LogP contribution in [0.2, 0.25) is 0 Å². The van der Waals surface area contributed by atoms with Crippen LogP contribution in [-0.2, 0) is 4.74 Å². The van der Waals surface area contributed by atoms with E-state index in [1.807, 2.05) is 0 Å². The van der Waals surface area contributed by atoms with E-state index >= 15 is 0 Å². The summed E-state index contributed by atoms with van der Waals surface area (Å²) in [5, 5.41) is 0. The van der Waals surface area contributed by atoms with Crippen molar-refractivity contribution in [1.82, 2.24) is 0 Å². The number of ether oxygens (including phenoxy) is 1. The van der Waals surface area contributed by atoms with Crippen molar-refractivity contribution in [3.8, 4) is 0 Å². The van der Waals surface area contributed by atoms with Gasteiger partial charge in [-0.15, -0.1) is 0 Å². The molecule has 93 valence electrons. The van der Waals surface area contributed by atoms with Gasteiger partial charge >= 0.3 is 0 Å². The minimum Gasteiger partial charge on any atom is -0.378 e. The van der Waals surface area contributed by atoms with Crippen LogP contribution in [0.1, 0.15) is 77.0 Å². The Labute approximate surface area is 101 Å². The Balaban J connectivity index is 1.78. The summed E-state index contributed by atoms with van der Waals surface area (Å²) in [6.07, 6.45) is 17.3. The van der Waals surface area contributed by atoms with Crippen molar-refractivity contribution in [2.75, 3.05) is 6.61 Å². The van der Waals surface area contributed by atoms with Crippen LogP contribution in [0.5, 0.6) is 0 Å². The van der Waals surface area contributed by atoms with Gasteiger partial charge in [0.05, 0.1) is 6.10 Å². The van der Waals surface area contributed by atoms with Crippen LogP contribution in [0.15, 0.2) is 0 Å². The maximum atomic E-state index is 5.95. The Morgan fingerprint density at radius 3 is 1.88 bits per heavy atom. The zero-order valence-electron chi connectivity index (χ0n) is 10.7. The largest absolute Gasteiger partial charge is 0.378 e. The van der Waals surface area contributed by atoms with E-state index < -0.39 is 0 Å². The molecule has 1 heteroatoms. The Bertz CT molecular complexity index is 162. The van der Waals surface area contributed by atoms with Crippen molar-refractivity contribution in [3.63, 3.8) is 0 Å². The maximum Gasteiger partial charge on any atom is 0.0637 e. The fraction of sp³-hybridized carbons (Fsp3) is 0.933. The normalized spacial score (nSPS) is 31.1. The SMILES string of the molecule is C1CCCC[C](C2CCCCO2)CCCC1. The highest BCUT2D eigenvalue weighted by Gasteiger charge is 2.24. The summed E-state index contributed by atoms with van der Waals surface area (Å²) in [6, 6.07) is 0. The first-order valence-electron chi connectivity index (χ1n) is 7.43. The molecule has 2 aliphatic rings. The van der Waals surface area contributed by atoms with Crippen LogP contribution in [0, 0.1) is 5.92 Å². The molecule has 1 nitrogen and oxygen atoms in total. The summed E-state index contributed by atoms with van der Waals surface area (Å²) in [4.78, 5) is 0. The smallest absolute Gasteiger partial charge is 0.0637 e. The summed E-state index contributed by atoms with van der Waals surface area (Å²) in [6.45, 7) is 1.01. The van der Waals surface area contributed by atoms with Crippen LogP contribution in [0.3, 0.4) is 0 Å². The first kappa shape index (κ1) is 12.4. The Morgan fingerprint density at radius 2 is 1.31 bits per heavy atom. The predicted molar refractivity (Wildman–Crippen MR) is 68.4 cm³/mol. The van der Waals surface area contributed by atoms with E-state index in [0.29, 0.717) is 6.10 Å². The molecule has 1 aliphatic heterocycles. The standard InChI is InChI=1S/C15H27O/c1-2-4-6-10-14(11-7-5-3-1)15-12-8-9-13-16-15/h15H,1-13H2. The molecule has 1 radical (unpaired) electrons. The van der Waals surface area contributed by atoms with Gasteiger partial charge in [0.1, 0.15) is 0 Å². The van der Waals surface area contributed by atoms with Crippen molar-refractivity contribution in [1.29, 1.82) is 0 Å². The van der Waals surface area contributed by atoms with Crippen LogP contribution in [0.25, 0.3) is 0 Å². The van der Waals surface area contributed by atoms with E-state index in [0.717, 1.165) is 6.61 Å². The molecule has 16 heavy (non-hydrogen) atoms. The van der Waals surface area contributed by atoms with Gasteiger partial charge in [-0.1, -0.05) is 44.9 Å². The summed E-state index contributed by atoms with van der Waals surface area (Å²) in [5.41, 5.74) is 0. The Morgan fingerprint density at radius 1 is 0.688 bits per heavy atom. The van der Waals surface area contributed by atoms with Gasteiger partial charge < -0.3 is 4.74 Å². The van der Waals surface area contributed by atoms with Gasteiger partial charge in [-0.2, -0.15) is 0 Å². The van der Waals surface area contributed by atoms with Gasteiger partial charge in [0.2, 0.25) is 0 Å². The van der Waals surface area contributed by atoms with Gasteiger partial charge in [-0.3, -0.25) is 0 Å². The van der Waals surface area contributed by atoms with E-state index in [2.05, 4.69) is 0 Å².